The van der Waals surface area contributed by atoms with E-state index in [1.807, 2.05) is 40.7 Å². The summed E-state index contributed by atoms with van der Waals surface area (Å²) in [5.41, 5.74) is -2.06. The highest BCUT2D eigenvalue weighted by Gasteiger charge is 2.47. The second-order valence-electron chi connectivity index (χ2n) is 12.5. The van der Waals surface area contributed by atoms with Crippen LogP contribution in [0.1, 0.15) is 81.1 Å². The van der Waals surface area contributed by atoms with E-state index in [2.05, 4.69) is 6.58 Å². The quantitative estimate of drug-likeness (QED) is 0.248. The molecule has 2 fully saturated rings. The Bertz CT molecular complexity index is 918. The van der Waals surface area contributed by atoms with Crippen molar-refractivity contribution in [3.8, 4) is 0 Å². The minimum absolute atomic E-state index is 0.171. The molecule has 10 heteroatoms. The third-order valence-corrected chi connectivity index (χ3v) is 6.79. The molecular formula is C30H50N2O8. The summed E-state index contributed by atoms with van der Waals surface area (Å²) >= 11 is 0. The Morgan fingerprint density at radius 2 is 1.55 bits per heavy atom. The zero-order valence-corrected chi connectivity index (χ0v) is 25.7. The predicted molar refractivity (Wildman–Crippen MR) is 153 cm³/mol. The highest BCUT2D eigenvalue weighted by atomic mass is 16.6. The molecule has 0 spiro atoms. The molecule has 2 saturated heterocycles. The van der Waals surface area contributed by atoms with E-state index in [0.29, 0.717) is 32.5 Å². The standard InChI is InChI=1S/2C15H25NO4/c1-6-11(2)15(12(17)18)8-7-9-16(10-15)13(19)20-14(3,4)5;1-5-6-10-19-13(17)12-8-7-9-16(11-12)14(18)20-15(2,3)4/h6,11H,1,7-10H2,2-5H3,(H,17,18);5-6,12H,7-11H2,1-4H3/b;6-5-. The normalized spacial score (nSPS) is 22.4. The summed E-state index contributed by atoms with van der Waals surface area (Å²) in [4.78, 5) is 50.8. The third kappa shape index (κ3) is 11.2. The molecule has 2 rings (SSSR count). The monoisotopic (exact) mass is 566 g/mol. The number of carboxylic acids is 1. The smallest absolute Gasteiger partial charge is 0.410 e. The highest BCUT2D eigenvalue weighted by molar-refractivity contribution is 5.78. The molecule has 3 unspecified atom stereocenters. The van der Waals surface area contributed by atoms with E-state index < -0.39 is 28.7 Å². The first-order valence-electron chi connectivity index (χ1n) is 14.1. The SMILES string of the molecule is C/C=C\COC(=O)C1CCCN(C(=O)OC(C)(C)C)C1.C=CC(C)C1(C(=O)O)CCCN(C(=O)OC(C)(C)C)C1. The molecule has 0 aromatic heterocycles. The lowest BCUT2D eigenvalue weighted by Crippen LogP contribution is -2.53. The number of carboxylic acid groups (broad SMARTS) is 1. The van der Waals surface area contributed by atoms with E-state index >= 15 is 0 Å². The van der Waals surface area contributed by atoms with Crippen LogP contribution in [0.5, 0.6) is 0 Å². The van der Waals surface area contributed by atoms with Gasteiger partial charge < -0.3 is 29.1 Å². The second kappa shape index (κ2) is 15.1. The Morgan fingerprint density at radius 3 is 2.05 bits per heavy atom. The lowest BCUT2D eigenvalue weighted by atomic mass is 9.70. The van der Waals surface area contributed by atoms with Gasteiger partial charge in [0.1, 0.15) is 17.8 Å². The number of aliphatic carboxylic acids is 1. The van der Waals surface area contributed by atoms with Gasteiger partial charge in [0.25, 0.3) is 0 Å². The fourth-order valence-corrected chi connectivity index (χ4v) is 4.54. The van der Waals surface area contributed by atoms with E-state index in [1.165, 1.54) is 4.90 Å². The summed E-state index contributed by atoms with van der Waals surface area (Å²) in [7, 11) is 0. The molecule has 2 aliphatic rings. The van der Waals surface area contributed by atoms with Crippen molar-refractivity contribution in [2.24, 2.45) is 17.3 Å². The minimum atomic E-state index is -0.961. The fourth-order valence-electron chi connectivity index (χ4n) is 4.54. The van der Waals surface area contributed by atoms with Gasteiger partial charge in [0, 0.05) is 26.2 Å². The molecule has 3 atom stereocenters. The lowest BCUT2D eigenvalue weighted by Gasteiger charge is -2.42. The van der Waals surface area contributed by atoms with Crippen LogP contribution in [0, 0.1) is 17.3 Å². The van der Waals surface area contributed by atoms with Gasteiger partial charge in [-0.3, -0.25) is 9.59 Å². The van der Waals surface area contributed by atoms with Crippen molar-refractivity contribution in [1.29, 1.82) is 0 Å². The van der Waals surface area contributed by atoms with E-state index in [0.717, 1.165) is 12.8 Å². The number of likely N-dealkylation sites (tertiary alicyclic amines) is 2. The molecule has 2 aliphatic heterocycles. The summed E-state index contributed by atoms with van der Waals surface area (Å²) < 4.78 is 15.8. The van der Waals surface area contributed by atoms with Crippen LogP contribution in [-0.2, 0) is 23.8 Å². The molecule has 40 heavy (non-hydrogen) atoms. The summed E-state index contributed by atoms with van der Waals surface area (Å²) in [5.74, 6) is -1.57. The Kier molecular flexibility index (Phi) is 13.2. The highest BCUT2D eigenvalue weighted by Crippen LogP contribution is 2.38. The number of ether oxygens (including phenoxy) is 3. The Balaban J connectivity index is 0.000000400. The van der Waals surface area contributed by atoms with Crippen LogP contribution in [-0.4, -0.2) is 83.0 Å². The molecule has 0 radical (unpaired) electrons. The van der Waals surface area contributed by atoms with E-state index in [1.54, 1.807) is 37.8 Å². The number of piperidine rings is 2. The van der Waals surface area contributed by atoms with Gasteiger partial charge in [-0.15, -0.1) is 6.58 Å². The van der Waals surface area contributed by atoms with Crippen molar-refractivity contribution in [3.63, 3.8) is 0 Å². The average molecular weight is 567 g/mol. The maximum absolute atomic E-state index is 12.1. The molecular weight excluding hydrogens is 516 g/mol. The molecule has 2 heterocycles. The Hall–Kier alpha value is -3.04. The second-order valence-corrected chi connectivity index (χ2v) is 12.5. The summed E-state index contributed by atoms with van der Waals surface area (Å²) in [6.07, 6.45) is 7.22. The zero-order chi connectivity index (χ0) is 30.7. The molecule has 2 amide bonds. The summed E-state index contributed by atoms with van der Waals surface area (Å²) in [6.45, 7) is 20.3. The Morgan fingerprint density at radius 1 is 1.00 bits per heavy atom. The van der Waals surface area contributed by atoms with E-state index in [4.69, 9.17) is 14.2 Å². The number of rotatable bonds is 6. The Labute approximate surface area is 239 Å². The van der Waals surface area contributed by atoms with Crippen molar-refractivity contribution in [1.82, 2.24) is 9.80 Å². The lowest BCUT2D eigenvalue weighted by molar-refractivity contribution is -0.155. The molecule has 228 valence electrons. The summed E-state index contributed by atoms with van der Waals surface area (Å²) in [5, 5.41) is 9.60. The van der Waals surface area contributed by atoms with Gasteiger partial charge in [-0.2, -0.15) is 0 Å². The van der Waals surface area contributed by atoms with Crippen LogP contribution in [0.2, 0.25) is 0 Å². The third-order valence-electron chi connectivity index (χ3n) is 6.79. The molecule has 0 saturated carbocycles. The van der Waals surface area contributed by atoms with Crippen LogP contribution < -0.4 is 0 Å². The van der Waals surface area contributed by atoms with E-state index in [-0.39, 0.29) is 37.0 Å². The van der Waals surface area contributed by atoms with Gasteiger partial charge in [0.2, 0.25) is 0 Å². The van der Waals surface area contributed by atoms with Gasteiger partial charge in [0.15, 0.2) is 0 Å². The van der Waals surface area contributed by atoms with Crippen molar-refractivity contribution in [2.75, 3.05) is 32.8 Å². The van der Waals surface area contributed by atoms with Crippen molar-refractivity contribution < 1.29 is 38.5 Å². The first-order valence-corrected chi connectivity index (χ1v) is 14.1. The molecule has 0 aromatic rings. The molecule has 10 nitrogen and oxygen atoms in total. The first-order chi connectivity index (χ1) is 18.5. The molecule has 0 aliphatic carbocycles. The van der Waals surface area contributed by atoms with Gasteiger partial charge in [0.05, 0.1) is 11.3 Å². The van der Waals surface area contributed by atoms with Gasteiger partial charge >= 0.3 is 24.1 Å². The number of carbonyl (C=O) groups is 4. The number of amides is 2. The first kappa shape index (κ1) is 35.0. The maximum atomic E-state index is 12.1. The van der Waals surface area contributed by atoms with Crippen LogP contribution in [0.4, 0.5) is 9.59 Å². The van der Waals surface area contributed by atoms with Crippen LogP contribution in [0.3, 0.4) is 0 Å². The van der Waals surface area contributed by atoms with E-state index in [9.17, 15) is 24.3 Å². The topological polar surface area (TPSA) is 123 Å². The number of hydrogen-bond acceptors (Lipinski definition) is 7. The van der Waals surface area contributed by atoms with Crippen molar-refractivity contribution in [2.45, 2.75) is 92.3 Å². The maximum Gasteiger partial charge on any atom is 0.410 e. The van der Waals surface area contributed by atoms with Gasteiger partial charge in [-0.1, -0.05) is 25.2 Å². The molecule has 0 aromatic carbocycles. The summed E-state index contributed by atoms with van der Waals surface area (Å²) in [6, 6.07) is 0. The predicted octanol–water partition coefficient (Wildman–Crippen LogP) is 5.66. The van der Waals surface area contributed by atoms with Gasteiger partial charge in [-0.25, -0.2) is 9.59 Å². The zero-order valence-electron chi connectivity index (χ0n) is 25.7. The van der Waals surface area contributed by atoms with Crippen LogP contribution in [0.25, 0.3) is 0 Å². The number of allylic oxidation sites excluding steroid dienone is 2. The number of hydrogen-bond donors (Lipinski definition) is 1. The van der Waals surface area contributed by atoms with Crippen LogP contribution >= 0.6 is 0 Å². The number of esters is 1. The van der Waals surface area contributed by atoms with Crippen LogP contribution in [0.15, 0.2) is 24.8 Å². The number of carbonyl (C=O) groups excluding carboxylic acids is 3. The fraction of sp³-hybridized carbons (Fsp3) is 0.733. The number of nitrogens with zero attached hydrogens (tertiary/aromatic N) is 2. The van der Waals surface area contributed by atoms with Gasteiger partial charge in [-0.05, 0) is 80.1 Å². The average Bonchev–Trinajstić information content (AvgIpc) is 2.86. The minimum Gasteiger partial charge on any atom is -0.481 e. The van der Waals surface area contributed by atoms with Crippen molar-refractivity contribution in [3.05, 3.63) is 24.8 Å². The largest absolute Gasteiger partial charge is 0.481 e. The van der Waals surface area contributed by atoms with Crippen molar-refractivity contribution >= 4 is 24.1 Å². The molecule has 0 bridgehead atoms. The molecule has 1 N–H and O–H groups in total.